The van der Waals surface area contributed by atoms with E-state index in [9.17, 15) is 14.4 Å². The Morgan fingerprint density at radius 1 is 0.292 bits per heavy atom. The fourth-order valence-corrected chi connectivity index (χ4v) is 9.08. The van der Waals surface area contributed by atoms with Gasteiger partial charge >= 0.3 is 17.9 Å². The lowest BCUT2D eigenvalue weighted by molar-refractivity contribution is -0.167. The number of hydrogen-bond donors (Lipinski definition) is 0. The first-order valence-corrected chi connectivity index (χ1v) is 31.3. The minimum atomic E-state index is -0.790. The molecule has 0 fully saturated rings. The molecule has 0 aliphatic heterocycles. The van der Waals surface area contributed by atoms with Crippen molar-refractivity contribution < 1.29 is 28.6 Å². The van der Waals surface area contributed by atoms with Crippen LogP contribution in [0, 0.1) is 0 Å². The summed E-state index contributed by atoms with van der Waals surface area (Å²) in [5.74, 6) is -0.899. The zero-order valence-corrected chi connectivity index (χ0v) is 47.9. The van der Waals surface area contributed by atoms with Crippen molar-refractivity contribution in [2.45, 2.75) is 329 Å². The molecule has 0 aromatic rings. The number of rotatable bonds is 57. The van der Waals surface area contributed by atoms with Gasteiger partial charge in [-0.15, -0.1) is 0 Å². The number of ether oxygens (including phenoxy) is 3. The Balaban J connectivity index is 4.37. The van der Waals surface area contributed by atoms with E-state index in [1.807, 2.05) is 0 Å². The molecule has 0 aromatic heterocycles. The first kappa shape index (κ1) is 69.1. The lowest BCUT2D eigenvalue weighted by Crippen LogP contribution is -2.30. The summed E-state index contributed by atoms with van der Waals surface area (Å²) in [5.41, 5.74) is 0. The van der Waals surface area contributed by atoms with Gasteiger partial charge in [0.05, 0.1) is 0 Å². The molecule has 1 atom stereocenters. The highest BCUT2D eigenvalue weighted by atomic mass is 16.6. The van der Waals surface area contributed by atoms with Crippen molar-refractivity contribution in [1.29, 1.82) is 0 Å². The minimum Gasteiger partial charge on any atom is -0.462 e. The second-order valence-corrected chi connectivity index (χ2v) is 20.9. The van der Waals surface area contributed by atoms with E-state index in [1.54, 1.807) is 0 Å². The maximum absolute atomic E-state index is 12.9. The molecule has 0 aromatic carbocycles. The summed E-state index contributed by atoms with van der Waals surface area (Å²) in [6, 6.07) is 0. The predicted octanol–water partition coefficient (Wildman–Crippen LogP) is 21.2. The van der Waals surface area contributed by atoms with Gasteiger partial charge in [0.2, 0.25) is 0 Å². The molecule has 0 aliphatic rings. The van der Waals surface area contributed by atoms with Crippen molar-refractivity contribution >= 4 is 17.9 Å². The summed E-state index contributed by atoms with van der Waals surface area (Å²) >= 11 is 0. The van der Waals surface area contributed by atoms with Gasteiger partial charge in [0.25, 0.3) is 0 Å². The Bertz CT molecular complexity index is 1290. The van der Waals surface area contributed by atoms with Crippen molar-refractivity contribution in [2.75, 3.05) is 13.2 Å². The van der Waals surface area contributed by atoms with Gasteiger partial charge in [-0.3, -0.25) is 14.4 Å². The topological polar surface area (TPSA) is 78.9 Å². The third-order valence-corrected chi connectivity index (χ3v) is 13.8. The van der Waals surface area contributed by atoms with Gasteiger partial charge in [-0.2, -0.15) is 0 Å². The van der Waals surface area contributed by atoms with Crippen LogP contribution in [0.5, 0.6) is 0 Å². The molecular weight excluding hydrogens is 889 g/mol. The van der Waals surface area contributed by atoms with Crippen molar-refractivity contribution in [1.82, 2.24) is 0 Å². The van der Waals surface area contributed by atoms with Crippen LogP contribution in [0.25, 0.3) is 0 Å². The molecule has 0 N–H and O–H groups in total. The smallest absolute Gasteiger partial charge is 0.306 e. The summed E-state index contributed by atoms with van der Waals surface area (Å²) in [6.45, 7) is 6.54. The molecule has 6 nitrogen and oxygen atoms in total. The lowest BCUT2D eigenvalue weighted by atomic mass is 10.0. The molecule has 1 unspecified atom stereocenters. The van der Waals surface area contributed by atoms with Crippen molar-refractivity contribution in [2.24, 2.45) is 0 Å². The molecule has 0 heterocycles. The monoisotopic (exact) mass is 1010 g/mol. The van der Waals surface area contributed by atoms with Crippen molar-refractivity contribution in [3.05, 3.63) is 60.8 Å². The van der Waals surface area contributed by atoms with E-state index in [0.29, 0.717) is 19.3 Å². The molecular formula is C66H118O6. The van der Waals surface area contributed by atoms with Crippen LogP contribution in [-0.2, 0) is 28.6 Å². The van der Waals surface area contributed by atoms with Crippen LogP contribution in [-0.4, -0.2) is 37.2 Å². The summed E-state index contributed by atoms with van der Waals surface area (Å²) in [6.07, 6.45) is 76.5. The fraction of sp³-hybridized carbons (Fsp3) is 0.803. The van der Waals surface area contributed by atoms with Crippen LogP contribution in [0.4, 0.5) is 0 Å². The summed E-state index contributed by atoms with van der Waals surface area (Å²) < 4.78 is 16.9. The molecule has 0 amide bonds. The molecule has 0 radical (unpaired) electrons. The van der Waals surface area contributed by atoms with Gasteiger partial charge in [-0.25, -0.2) is 0 Å². The average molecular weight is 1010 g/mol. The van der Waals surface area contributed by atoms with Crippen LogP contribution < -0.4 is 0 Å². The number of allylic oxidation sites excluding steroid dienone is 10. The summed E-state index contributed by atoms with van der Waals surface area (Å²) in [4.78, 5) is 38.3. The first-order valence-electron chi connectivity index (χ1n) is 31.3. The standard InChI is InChI=1S/C66H118O6/c1-4-7-10-13-16-19-22-25-28-31-32-33-34-36-38-41-44-47-50-53-56-59-65(68)71-62-63(61-70-64(67)58-55-52-49-46-43-40-37-30-27-24-21-18-15-12-9-6-3)72-66(69)60-57-54-51-48-45-42-39-35-29-26-23-20-17-14-11-8-5-2/h8,11,17,20,26,29-30,37,39,42,63H,4-7,9-10,12-16,18-19,21-25,27-28,31-36,38,40-41,43-62H2,1-3H3/b11-8-,20-17-,29-26-,37-30-,42-39-. The normalized spacial score (nSPS) is 12.4. The van der Waals surface area contributed by atoms with E-state index in [4.69, 9.17) is 14.2 Å². The highest BCUT2D eigenvalue weighted by Gasteiger charge is 2.19. The van der Waals surface area contributed by atoms with E-state index in [1.165, 1.54) is 180 Å². The molecule has 0 saturated heterocycles. The molecule has 0 aliphatic carbocycles. The van der Waals surface area contributed by atoms with Crippen LogP contribution >= 0.6 is 0 Å². The molecule has 418 valence electrons. The van der Waals surface area contributed by atoms with Gasteiger partial charge in [-0.05, 0) is 83.5 Å². The van der Waals surface area contributed by atoms with Crippen LogP contribution in [0.15, 0.2) is 60.8 Å². The van der Waals surface area contributed by atoms with Crippen LogP contribution in [0.3, 0.4) is 0 Å². The Kier molecular flexibility index (Phi) is 58.2. The van der Waals surface area contributed by atoms with Gasteiger partial charge in [-0.1, -0.05) is 281 Å². The zero-order chi connectivity index (χ0) is 52.2. The molecule has 0 rings (SSSR count). The van der Waals surface area contributed by atoms with Crippen molar-refractivity contribution in [3.8, 4) is 0 Å². The van der Waals surface area contributed by atoms with Gasteiger partial charge in [0.15, 0.2) is 6.10 Å². The van der Waals surface area contributed by atoms with Gasteiger partial charge < -0.3 is 14.2 Å². The SMILES string of the molecule is CC/C=C\C/C=C\C/C=C\C/C=C\CCCCCCC(=O)OC(COC(=O)CCCCCCC/C=C\CCCCCCCCC)COC(=O)CCCCCCCCCCCCCCCCCCCCCCC. The number of carbonyl (C=O) groups is 3. The van der Waals surface area contributed by atoms with E-state index in [-0.39, 0.29) is 31.1 Å². The third kappa shape index (κ3) is 58.0. The first-order chi connectivity index (χ1) is 35.5. The molecule has 6 heteroatoms. The predicted molar refractivity (Wildman–Crippen MR) is 312 cm³/mol. The maximum atomic E-state index is 12.9. The largest absolute Gasteiger partial charge is 0.462 e. The second kappa shape index (κ2) is 60.7. The number of carbonyl (C=O) groups excluding carboxylic acids is 3. The quantitative estimate of drug-likeness (QED) is 0.0261. The fourth-order valence-electron chi connectivity index (χ4n) is 9.08. The number of esters is 3. The Hall–Kier alpha value is -2.89. The van der Waals surface area contributed by atoms with Gasteiger partial charge in [0.1, 0.15) is 13.2 Å². The zero-order valence-electron chi connectivity index (χ0n) is 47.9. The summed E-state index contributed by atoms with van der Waals surface area (Å²) in [7, 11) is 0. The highest BCUT2D eigenvalue weighted by molar-refractivity contribution is 5.71. The molecule has 0 saturated carbocycles. The minimum absolute atomic E-state index is 0.0839. The molecule has 72 heavy (non-hydrogen) atoms. The molecule has 0 bridgehead atoms. The summed E-state index contributed by atoms with van der Waals surface area (Å²) in [5, 5.41) is 0. The number of hydrogen-bond acceptors (Lipinski definition) is 6. The lowest BCUT2D eigenvalue weighted by Gasteiger charge is -2.18. The Labute approximate surface area is 447 Å². The van der Waals surface area contributed by atoms with Gasteiger partial charge in [0, 0.05) is 19.3 Å². The van der Waals surface area contributed by atoms with E-state index < -0.39 is 6.10 Å². The van der Waals surface area contributed by atoms with Crippen molar-refractivity contribution in [3.63, 3.8) is 0 Å². The van der Waals surface area contributed by atoms with E-state index in [0.717, 1.165) is 103 Å². The number of unbranched alkanes of at least 4 members (excludes halogenated alkanes) is 36. The Morgan fingerprint density at radius 3 is 0.861 bits per heavy atom. The average Bonchev–Trinajstić information content (AvgIpc) is 3.38. The third-order valence-electron chi connectivity index (χ3n) is 13.8. The van der Waals surface area contributed by atoms with Crippen LogP contribution in [0.2, 0.25) is 0 Å². The Morgan fingerprint density at radius 2 is 0.542 bits per heavy atom. The molecule has 0 spiro atoms. The maximum Gasteiger partial charge on any atom is 0.306 e. The van der Waals surface area contributed by atoms with E-state index in [2.05, 4.69) is 81.5 Å². The second-order valence-electron chi connectivity index (χ2n) is 20.9. The van der Waals surface area contributed by atoms with E-state index >= 15 is 0 Å². The highest BCUT2D eigenvalue weighted by Crippen LogP contribution is 2.17. The van der Waals surface area contributed by atoms with Crippen LogP contribution in [0.1, 0.15) is 323 Å².